The molecule has 0 N–H and O–H groups in total. The lowest BCUT2D eigenvalue weighted by atomic mass is 9.76. The van der Waals surface area contributed by atoms with Crippen molar-refractivity contribution in [2.45, 2.75) is 71.1 Å². The third-order valence-electron chi connectivity index (χ3n) is 7.12. The van der Waals surface area contributed by atoms with Crippen LogP contribution in [0.2, 0.25) is 0 Å². The third kappa shape index (κ3) is 4.81. The predicted octanol–water partition coefficient (Wildman–Crippen LogP) is 7.37. The molecule has 0 saturated heterocycles. The van der Waals surface area contributed by atoms with Crippen molar-refractivity contribution in [3.8, 4) is 11.5 Å². The first-order valence-electron chi connectivity index (χ1n) is 13.3. The molecule has 196 valence electrons. The summed E-state index contributed by atoms with van der Waals surface area (Å²) in [6.45, 7) is 18.6. The van der Waals surface area contributed by atoms with Gasteiger partial charge in [0, 0.05) is 39.5 Å². The quantitative estimate of drug-likeness (QED) is 0.254. The molecule has 0 amide bonds. The van der Waals surface area contributed by atoms with E-state index in [-0.39, 0.29) is 15.7 Å². The number of pyridine rings is 2. The smallest absolute Gasteiger partial charge is 0.139 e. The van der Waals surface area contributed by atoms with E-state index in [4.69, 9.17) is 14.7 Å². The fourth-order valence-electron chi connectivity index (χ4n) is 5.48. The zero-order valence-corrected chi connectivity index (χ0v) is 25.6. The second-order valence-corrected chi connectivity index (χ2v) is 18.3. The number of fused-ring (bicyclic) bond motifs is 2. The Hall–Kier alpha value is -2.60. The Kier molecular flexibility index (Phi) is 7.00. The Morgan fingerprint density at radius 1 is 0.579 bits per heavy atom. The van der Waals surface area contributed by atoms with Gasteiger partial charge in [0.05, 0.1) is 10.9 Å². The molecule has 4 aromatic rings. The molecule has 0 bridgehead atoms. The number of aromatic nitrogens is 2. The highest BCUT2D eigenvalue weighted by molar-refractivity contribution is 7.74. The Morgan fingerprint density at radius 2 is 1.00 bits per heavy atom. The standard InChI is InChI=1S/C33H38N2OP2/c1-31(2,3)37(27-19-9-11-21-34-27)25-17-13-15-23-29(25)36-30-24(33(23,7)8)16-14-18-26(30)38(32(4,5)6)28-20-10-12-22-35-28/h9-22H,1-8H3. The molecular weight excluding hydrogens is 502 g/mol. The molecule has 0 aliphatic carbocycles. The van der Waals surface area contributed by atoms with Crippen molar-refractivity contribution in [1.29, 1.82) is 0 Å². The maximum atomic E-state index is 7.15. The van der Waals surface area contributed by atoms with Crippen LogP contribution in [0.15, 0.2) is 85.2 Å². The number of para-hydroxylation sites is 2. The van der Waals surface area contributed by atoms with Crippen LogP contribution in [-0.4, -0.2) is 20.3 Å². The molecule has 2 aromatic heterocycles. The average Bonchev–Trinajstić information content (AvgIpc) is 2.85. The summed E-state index contributed by atoms with van der Waals surface area (Å²) < 4.78 is 7.15. The second-order valence-electron chi connectivity index (χ2n) is 12.4. The summed E-state index contributed by atoms with van der Waals surface area (Å²) in [4.78, 5) is 9.67. The lowest BCUT2D eigenvalue weighted by molar-refractivity contribution is 0.424. The molecule has 0 fully saturated rings. The number of hydrogen-bond donors (Lipinski definition) is 0. The van der Waals surface area contributed by atoms with Crippen molar-refractivity contribution in [3.05, 3.63) is 96.3 Å². The van der Waals surface area contributed by atoms with Crippen LogP contribution in [0, 0.1) is 0 Å². The highest BCUT2D eigenvalue weighted by Crippen LogP contribution is 2.57. The van der Waals surface area contributed by atoms with Crippen LogP contribution in [0.1, 0.15) is 66.5 Å². The van der Waals surface area contributed by atoms with E-state index >= 15 is 0 Å². The van der Waals surface area contributed by atoms with Crippen LogP contribution < -0.4 is 26.2 Å². The van der Waals surface area contributed by atoms with E-state index in [1.807, 2.05) is 24.5 Å². The van der Waals surface area contributed by atoms with Gasteiger partial charge in [-0.2, -0.15) is 0 Å². The highest BCUT2D eigenvalue weighted by Gasteiger charge is 2.42. The van der Waals surface area contributed by atoms with Crippen LogP contribution in [-0.2, 0) is 5.41 Å². The van der Waals surface area contributed by atoms with Gasteiger partial charge in [-0.05, 0) is 50.4 Å². The van der Waals surface area contributed by atoms with Gasteiger partial charge in [0.1, 0.15) is 11.5 Å². The number of hydrogen-bond acceptors (Lipinski definition) is 3. The van der Waals surface area contributed by atoms with Crippen LogP contribution in [0.3, 0.4) is 0 Å². The van der Waals surface area contributed by atoms with Gasteiger partial charge in [0.2, 0.25) is 0 Å². The Morgan fingerprint density at radius 3 is 1.34 bits per heavy atom. The topological polar surface area (TPSA) is 35.0 Å². The Labute approximate surface area is 230 Å². The number of nitrogens with zero attached hydrogens (tertiary/aromatic N) is 2. The van der Waals surface area contributed by atoms with Gasteiger partial charge in [-0.3, -0.25) is 9.97 Å². The van der Waals surface area contributed by atoms with Crippen LogP contribution in [0.25, 0.3) is 0 Å². The lowest BCUT2D eigenvalue weighted by Gasteiger charge is -2.41. The summed E-state index contributed by atoms with van der Waals surface area (Å²) in [6, 6.07) is 25.9. The van der Waals surface area contributed by atoms with Gasteiger partial charge in [0.15, 0.2) is 0 Å². The van der Waals surface area contributed by atoms with E-state index in [0.717, 1.165) is 22.4 Å². The Bertz CT molecular complexity index is 1330. The minimum absolute atomic E-state index is 0.0120. The summed E-state index contributed by atoms with van der Waals surface area (Å²) in [5, 5.41) is 2.54. The summed E-state index contributed by atoms with van der Waals surface area (Å²) in [6.07, 6.45) is 3.82. The summed E-state index contributed by atoms with van der Waals surface area (Å²) in [5.41, 5.74) is 4.54. The van der Waals surface area contributed by atoms with Gasteiger partial charge in [-0.1, -0.05) is 104 Å². The van der Waals surface area contributed by atoms with Gasteiger partial charge in [-0.15, -0.1) is 0 Å². The van der Waals surface area contributed by atoms with Crippen LogP contribution in [0.5, 0.6) is 11.5 Å². The molecule has 0 spiro atoms. The molecule has 1 aliphatic heterocycles. The van der Waals surface area contributed by atoms with Crippen LogP contribution in [0.4, 0.5) is 0 Å². The van der Waals surface area contributed by atoms with Gasteiger partial charge >= 0.3 is 0 Å². The molecule has 0 radical (unpaired) electrons. The van der Waals surface area contributed by atoms with Crippen molar-refractivity contribution in [3.63, 3.8) is 0 Å². The largest absolute Gasteiger partial charge is 0.455 e. The molecule has 3 heterocycles. The van der Waals surface area contributed by atoms with Gasteiger partial charge in [0.25, 0.3) is 0 Å². The van der Waals surface area contributed by atoms with Gasteiger partial charge in [-0.25, -0.2) is 0 Å². The monoisotopic (exact) mass is 540 g/mol. The van der Waals surface area contributed by atoms with E-state index in [9.17, 15) is 0 Å². The zero-order valence-electron chi connectivity index (χ0n) is 23.8. The molecule has 2 atom stereocenters. The molecule has 0 saturated carbocycles. The predicted molar refractivity (Wildman–Crippen MR) is 165 cm³/mol. The first kappa shape index (κ1) is 27.0. The van der Waals surface area contributed by atoms with E-state index in [2.05, 4.69) is 116 Å². The summed E-state index contributed by atoms with van der Waals surface area (Å²) in [7, 11) is -1.54. The van der Waals surface area contributed by atoms with Crippen molar-refractivity contribution < 1.29 is 4.74 Å². The molecule has 1 aliphatic rings. The number of ether oxygens (including phenoxy) is 1. The maximum Gasteiger partial charge on any atom is 0.139 e. The summed E-state index contributed by atoms with van der Waals surface area (Å²) >= 11 is 0. The van der Waals surface area contributed by atoms with E-state index in [1.54, 1.807) is 0 Å². The maximum absolute atomic E-state index is 7.15. The van der Waals surface area contributed by atoms with Gasteiger partial charge < -0.3 is 4.74 Å². The Balaban J connectivity index is 1.75. The first-order chi connectivity index (χ1) is 17.9. The third-order valence-corrected chi connectivity index (χ3v) is 12.9. The first-order valence-corrected chi connectivity index (χ1v) is 16.0. The lowest BCUT2D eigenvalue weighted by Crippen LogP contribution is -2.35. The molecule has 3 nitrogen and oxygen atoms in total. The van der Waals surface area contributed by atoms with Crippen molar-refractivity contribution in [2.75, 3.05) is 0 Å². The van der Waals surface area contributed by atoms with Crippen molar-refractivity contribution in [2.24, 2.45) is 0 Å². The molecule has 5 rings (SSSR count). The van der Waals surface area contributed by atoms with E-state index < -0.39 is 15.8 Å². The van der Waals surface area contributed by atoms with Crippen molar-refractivity contribution in [1.82, 2.24) is 9.97 Å². The number of rotatable bonds is 4. The number of benzene rings is 2. The molecule has 2 unspecified atom stereocenters. The normalized spacial score (nSPS) is 16.1. The SMILES string of the molecule is CC1(C)c2cccc(P(c3ccccn3)C(C)(C)C)c2Oc2c(P(c3ccccn3)C(C)(C)C)cccc21. The molecular formula is C33H38N2OP2. The minimum atomic E-state index is -0.772. The molecule has 2 aromatic carbocycles. The molecule has 5 heteroatoms. The minimum Gasteiger partial charge on any atom is -0.455 e. The van der Waals surface area contributed by atoms with Crippen LogP contribution >= 0.6 is 15.8 Å². The van der Waals surface area contributed by atoms with Crippen molar-refractivity contribution >= 4 is 37.3 Å². The highest BCUT2D eigenvalue weighted by atomic mass is 31.1. The second kappa shape index (κ2) is 9.86. The molecule has 38 heavy (non-hydrogen) atoms. The fraction of sp³-hybridized carbons (Fsp3) is 0.333. The van der Waals surface area contributed by atoms with E-state index in [1.165, 1.54) is 21.7 Å². The average molecular weight is 541 g/mol. The zero-order chi connectivity index (χ0) is 27.3. The summed E-state index contributed by atoms with van der Waals surface area (Å²) in [5.74, 6) is 2.02. The fourth-order valence-corrected chi connectivity index (χ4v) is 10.8. The van der Waals surface area contributed by atoms with E-state index in [0.29, 0.717) is 0 Å².